The molecule has 0 spiro atoms. The second kappa shape index (κ2) is 9.13. The zero-order valence-electron chi connectivity index (χ0n) is 10.2. The molecule has 1 rings (SSSR count). The van der Waals surface area contributed by atoms with E-state index in [-0.39, 0.29) is 0 Å². The number of piperidine rings is 1. The first-order valence-electron chi connectivity index (χ1n) is 6.57. The molecule has 1 saturated heterocycles. The lowest BCUT2D eigenvalue weighted by molar-refractivity contribution is 0.226. The van der Waals surface area contributed by atoms with E-state index in [0.29, 0.717) is 0 Å². The molecule has 1 heterocycles. The quantitative estimate of drug-likeness (QED) is 0.591. The second-order valence-electron chi connectivity index (χ2n) is 4.36. The summed E-state index contributed by atoms with van der Waals surface area (Å²) in [5, 5.41) is 6.79. The summed E-state index contributed by atoms with van der Waals surface area (Å²) in [6.45, 7) is 10.5. The molecule has 0 aromatic carbocycles. The molecule has 3 nitrogen and oxygen atoms in total. The lowest BCUT2D eigenvalue weighted by Crippen LogP contribution is -2.33. The zero-order chi connectivity index (χ0) is 10.8. The summed E-state index contributed by atoms with van der Waals surface area (Å²) < 4.78 is 0. The molecular weight excluding hydrogens is 186 g/mol. The van der Waals surface area contributed by atoms with E-state index < -0.39 is 0 Å². The third-order valence-corrected chi connectivity index (χ3v) is 3.01. The average molecular weight is 213 g/mol. The van der Waals surface area contributed by atoms with Gasteiger partial charge in [-0.15, -0.1) is 0 Å². The van der Waals surface area contributed by atoms with E-state index in [0.717, 1.165) is 19.6 Å². The molecule has 0 aliphatic carbocycles. The number of hydrogen-bond acceptors (Lipinski definition) is 3. The topological polar surface area (TPSA) is 27.3 Å². The summed E-state index contributed by atoms with van der Waals surface area (Å²) in [5.74, 6) is 0. The first-order chi connectivity index (χ1) is 7.43. The van der Waals surface area contributed by atoms with E-state index in [1.165, 1.54) is 51.9 Å². The van der Waals surface area contributed by atoms with Gasteiger partial charge in [-0.3, -0.25) is 0 Å². The Morgan fingerprint density at radius 2 is 1.67 bits per heavy atom. The van der Waals surface area contributed by atoms with Crippen LogP contribution in [0.15, 0.2) is 0 Å². The highest BCUT2D eigenvalue weighted by Gasteiger charge is 2.08. The lowest BCUT2D eigenvalue weighted by Gasteiger charge is -2.26. The van der Waals surface area contributed by atoms with Crippen LogP contribution < -0.4 is 10.6 Å². The van der Waals surface area contributed by atoms with Crippen molar-refractivity contribution in [1.29, 1.82) is 0 Å². The van der Waals surface area contributed by atoms with Crippen molar-refractivity contribution in [3.8, 4) is 0 Å². The Hall–Kier alpha value is -0.120. The summed E-state index contributed by atoms with van der Waals surface area (Å²) in [5.41, 5.74) is 0. The zero-order valence-corrected chi connectivity index (χ0v) is 10.2. The fraction of sp³-hybridized carbons (Fsp3) is 1.00. The average Bonchev–Trinajstić information content (AvgIpc) is 2.29. The maximum atomic E-state index is 3.47. The number of likely N-dealkylation sites (tertiary alicyclic amines) is 1. The van der Waals surface area contributed by atoms with Crippen molar-refractivity contribution in [1.82, 2.24) is 15.5 Å². The van der Waals surface area contributed by atoms with Gasteiger partial charge in [0.2, 0.25) is 0 Å². The summed E-state index contributed by atoms with van der Waals surface area (Å²) in [6.07, 6.45) is 5.56. The predicted molar refractivity (Wildman–Crippen MR) is 66.3 cm³/mol. The van der Waals surface area contributed by atoms with Crippen LogP contribution in [0.5, 0.6) is 0 Å². The Morgan fingerprint density at radius 3 is 2.40 bits per heavy atom. The molecule has 0 amide bonds. The molecule has 2 N–H and O–H groups in total. The minimum absolute atomic E-state index is 1.08. The Bertz CT molecular complexity index is 133. The molecule has 0 atom stereocenters. The van der Waals surface area contributed by atoms with Gasteiger partial charge in [-0.25, -0.2) is 0 Å². The van der Waals surface area contributed by atoms with E-state index in [1.807, 2.05) is 0 Å². The van der Waals surface area contributed by atoms with Gasteiger partial charge in [0.1, 0.15) is 0 Å². The third kappa shape index (κ3) is 6.88. The monoisotopic (exact) mass is 213 g/mol. The number of rotatable bonds is 8. The van der Waals surface area contributed by atoms with Crippen LogP contribution in [0, 0.1) is 0 Å². The Balaban J connectivity index is 1.79. The molecule has 3 heteroatoms. The van der Waals surface area contributed by atoms with Gasteiger partial charge in [-0.1, -0.05) is 13.3 Å². The normalized spacial score (nSPS) is 18.2. The molecule has 0 saturated carbocycles. The summed E-state index contributed by atoms with van der Waals surface area (Å²) in [7, 11) is 0. The largest absolute Gasteiger partial charge is 0.316 e. The minimum Gasteiger partial charge on any atom is -0.316 e. The maximum Gasteiger partial charge on any atom is 0.00767 e. The van der Waals surface area contributed by atoms with Crippen LogP contribution in [0.3, 0.4) is 0 Å². The SMILES string of the molecule is CCNCCNCCCN1CCCCC1. The Labute approximate surface area is 94.6 Å². The van der Waals surface area contributed by atoms with Gasteiger partial charge in [0, 0.05) is 13.1 Å². The van der Waals surface area contributed by atoms with Crippen LogP contribution in [-0.4, -0.2) is 50.7 Å². The number of likely N-dealkylation sites (N-methyl/N-ethyl adjacent to an activating group) is 1. The second-order valence-corrected chi connectivity index (χ2v) is 4.36. The molecule has 1 aliphatic rings. The number of nitrogens with zero attached hydrogens (tertiary/aromatic N) is 1. The highest BCUT2D eigenvalue weighted by Crippen LogP contribution is 2.08. The molecule has 0 radical (unpaired) electrons. The fourth-order valence-electron chi connectivity index (χ4n) is 2.09. The van der Waals surface area contributed by atoms with Crippen molar-refractivity contribution in [2.75, 3.05) is 45.8 Å². The van der Waals surface area contributed by atoms with E-state index >= 15 is 0 Å². The molecule has 0 aromatic rings. The van der Waals surface area contributed by atoms with Gasteiger partial charge >= 0.3 is 0 Å². The Kier molecular flexibility index (Phi) is 7.88. The van der Waals surface area contributed by atoms with Crippen LogP contribution in [0.4, 0.5) is 0 Å². The van der Waals surface area contributed by atoms with Crippen molar-refractivity contribution in [3.63, 3.8) is 0 Å². The number of nitrogens with one attached hydrogen (secondary N) is 2. The summed E-state index contributed by atoms with van der Waals surface area (Å²) >= 11 is 0. The van der Waals surface area contributed by atoms with Gasteiger partial charge in [-0.2, -0.15) is 0 Å². The first-order valence-corrected chi connectivity index (χ1v) is 6.57. The molecule has 0 aromatic heterocycles. The van der Waals surface area contributed by atoms with E-state index in [9.17, 15) is 0 Å². The Morgan fingerprint density at radius 1 is 0.933 bits per heavy atom. The molecule has 0 bridgehead atoms. The van der Waals surface area contributed by atoms with E-state index in [1.54, 1.807) is 0 Å². The van der Waals surface area contributed by atoms with Crippen LogP contribution in [0.2, 0.25) is 0 Å². The number of hydrogen-bond donors (Lipinski definition) is 2. The van der Waals surface area contributed by atoms with Crippen LogP contribution in [-0.2, 0) is 0 Å². The molecule has 0 unspecified atom stereocenters. The standard InChI is InChI=1S/C12H27N3/c1-2-13-8-9-14-7-6-12-15-10-4-3-5-11-15/h13-14H,2-12H2,1H3. The molecule has 1 fully saturated rings. The molecule has 90 valence electrons. The van der Waals surface area contributed by atoms with Crippen molar-refractivity contribution < 1.29 is 0 Å². The highest BCUT2D eigenvalue weighted by atomic mass is 15.1. The van der Waals surface area contributed by atoms with Crippen LogP contribution in [0.25, 0.3) is 0 Å². The van der Waals surface area contributed by atoms with Crippen molar-refractivity contribution in [2.45, 2.75) is 32.6 Å². The molecule has 15 heavy (non-hydrogen) atoms. The van der Waals surface area contributed by atoms with E-state index in [2.05, 4.69) is 22.5 Å². The van der Waals surface area contributed by atoms with Gasteiger partial charge in [0.05, 0.1) is 0 Å². The minimum atomic E-state index is 1.08. The van der Waals surface area contributed by atoms with Gasteiger partial charge < -0.3 is 15.5 Å². The van der Waals surface area contributed by atoms with Crippen molar-refractivity contribution in [2.24, 2.45) is 0 Å². The van der Waals surface area contributed by atoms with Crippen LogP contribution >= 0.6 is 0 Å². The van der Waals surface area contributed by atoms with Crippen molar-refractivity contribution >= 4 is 0 Å². The summed E-state index contributed by atoms with van der Waals surface area (Å²) in [6, 6.07) is 0. The fourth-order valence-corrected chi connectivity index (χ4v) is 2.09. The molecule has 1 aliphatic heterocycles. The maximum absolute atomic E-state index is 3.47. The van der Waals surface area contributed by atoms with Crippen molar-refractivity contribution in [3.05, 3.63) is 0 Å². The highest BCUT2D eigenvalue weighted by molar-refractivity contribution is 4.64. The summed E-state index contributed by atoms with van der Waals surface area (Å²) in [4.78, 5) is 2.61. The lowest BCUT2D eigenvalue weighted by atomic mass is 10.1. The first kappa shape index (κ1) is 12.9. The predicted octanol–water partition coefficient (Wildman–Crippen LogP) is 1.06. The molecular formula is C12H27N3. The van der Waals surface area contributed by atoms with Gasteiger partial charge in [-0.05, 0) is 52.0 Å². The van der Waals surface area contributed by atoms with E-state index in [4.69, 9.17) is 0 Å². The third-order valence-electron chi connectivity index (χ3n) is 3.01. The van der Waals surface area contributed by atoms with Crippen LogP contribution in [0.1, 0.15) is 32.6 Å². The smallest absolute Gasteiger partial charge is 0.00767 e. The van der Waals surface area contributed by atoms with Gasteiger partial charge in [0.15, 0.2) is 0 Å². The van der Waals surface area contributed by atoms with Gasteiger partial charge in [0.25, 0.3) is 0 Å².